The second kappa shape index (κ2) is 19.0. The average molecular weight is 575 g/mol. The highest BCUT2D eigenvalue weighted by atomic mass is 16.2. The minimum absolute atomic E-state index is 0.248. The van der Waals surface area contributed by atoms with Gasteiger partial charge >= 0.3 is 0 Å². The molecular weight excluding hydrogens is 532 g/mol. The van der Waals surface area contributed by atoms with Gasteiger partial charge in [-0.25, -0.2) is 9.80 Å². The third-order valence-corrected chi connectivity index (χ3v) is 6.24. The molecule has 2 rings (SSSR count). The van der Waals surface area contributed by atoms with Crippen molar-refractivity contribution in [3.63, 3.8) is 0 Å². The zero-order valence-corrected chi connectivity index (χ0v) is 24.6. The molecule has 0 aliphatic rings. The molecule has 42 heavy (non-hydrogen) atoms. The third kappa shape index (κ3) is 10.9. The van der Waals surface area contributed by atoms with Crippen LogP contribution in [0, 0.1) is 0 Å². The molecule has 0 spiro atoms. The number of allylic oxidation sites excluding steroid dienone is 2. The Hall–Kier alpha value is -4.28. The van der Waals surface area contributed by atoms with Crippen molar-refractivity contribution in [1.82, 2.24) is 0 Å². The van der Waals surface area contributed by atoms with Crippen LogP contribution >= 0.6 is 0 Å². The van der Waals surface area contributed by atoms with Crippen molar-refractivity contribution in [2.24, 2.45) is 21.7 Å². The topological polar surface area (TPSA) is 152 Å². The van der Waals surface area contributed by atoms with Crippen molar-refractivity contribution < 1.29 is 19.2 Å². The minimum atomic E-state index is -0.410. The number of anilines is 2. The molecule has 0 saturated heterocycles. The lowest BCUT2D eigenvalue weighted by molar-refractivity contribution is -0.126. The molecule has 0 aliphatic carbocycles. The standard InChI is InChI=1S/C32H42N6O4/c1-3-11-29(39)37(31(41)13-7-5-9-23-33)27-19-15-25(16-20-27)35-36-26-17-21-28(22-18-26)38(30(40)12-4-2)32(42)14-8-6-10-24-34/h3-4,11-12,15-22H,5-10,13-14,23-24,33-34H2,1-2H3. The Morgan fingerprint density at radius 2 is 0.952 bits per heavy atom. The number of imide groups is 2. The van der Waals surface area contributed by atoms with E-state index in [2.05, 4.69) is 10.2 Å². The van der Waals surface area contributed by atoms with Gasteiger partial charge in [0.25, 0.3) is 11.8 Å². The van der Waals surface area contributed by atoms with Crippen LogP contribution < -0.4 is 21.3 Å². The van der Waals surface area contributed by atoms with Gasteiger partial charge in [-0.05, 0) is 113 Å². The molecule has 0 heterocycles. The van der Waals surface area contributed by atoms with Crippen LogP contribution in [-0.4, -0.2) is 36.7 Å². The maximum atomic E-state index is 12.8. The fraction of sp³-hybridized carbons (Fsp3) is 0.375. The molecule has 2 aromatic rings. The number of nitrogens with two attached hydrogens (primary N) is 2. The van der Waals surface area contributed by atoms with Gasteiger partial charge in [0.2, 0.25) is 11.8 Å². The summed E-state index contributed by atoms with van der Waals surface area (Å²) in [7, 11) is 0. The lowest BCUT2D eigenvalue weighted by Crippen LogP contribution is -2.35. The van der Waals surface area contributed by atoms with Crippen molar-refractivity contribution in [3.05, 3.63) is 72.8 Å². The summed E-state index contributed by atoms with van der Waals surface area (Å²) in [5, 5.41) is 8.49. The van der Waals surface area contributed by atoms with Gasteiger partial charge in [0, 0.05) is 12.8 Å². The van der Waals surface area contributed by atoms with E-state index in [0.717, 1.165) is 25.7 Å². The monoisotopic (exact) mass is 574 g/mol. The van der Waals surface area contributed by atoms with Gasteiger partial charge in [0.15, 0.2) is 0 Å². The maximum absolute atomic E-state index is 12.8. The van der Waals surface area contributed by atoms with E-state index in [1.165, 1.54) is 22.0 Å². The summed E-state index contributed by atoms with van der Waals surface area (Å²) >= 11 is 0. The van der Waals surface area contributed by atoms with Crippen LogP contribution in [-0.2, 0) is 19.2 Å². The summed E-state index contributed by atoms with van der Waals surface area (Å²) in [6.07, 6.45) is 11.0. The summed E-state index contributed by atoms with van der Waals surface area (Å²) in [5.41, 5.74) is 13.0. The smallest absolute Gasteiger partial charge is 0.257 e. The second-order valence-electron chi connectivity index (χ2n) is 9.57. The van der Waals surface area contributed by atoms with Crippen LogP contribution in [0.15, 0.2) is 83.1 Å². The quantitative estimate of drug-likeness (QED) is 0.142. The zero-order chi connectivity index (χ0) is 30.7. The Balaban J connectivity index is 2.15. The predicted molar refractivity (Wildman–Crippen MR) is 167 cm³/mol. The molecule has 2 aromatic carbocycles. The van der Waals surface area contributed by atoms with Gasteiger partial charge in [-0.15, -0.1) is 0 Å². The highest BCUT2D eigenvalue weighted by molar-refractivity contribution is 6.19. The summed E-state index contributed by atoms with van der Waals surface area (Å²) in [6.45, 7) is 4.58. The third-order valence-electron chi connectivity index (χ3n) is 6.24. The fourth-order valence-corrected chi connectivity index (χ4v) is 4.09. The first-order valence-electron chi connectivity index (χ1n) is 14.4. The van der Waals surface area contributed by atoms with E-state index < -0.39 is 11.8 Å². The van der Waals surface area contributed by atoms with E-state index in [-0.39, 0.29) is 24.7 Å². The Morgan fingerprint density at radius 1 is 0.595 bits per heavy atom. The van der Waals surface area contributed by atoms with Gasteiger partial charge in [0.1, 0.15) is 0 Å². The van der Waals surface area contributed by atoms with Crippen molar-refractivity contribution in [3.8, 4) is 0 Å². The van der Waals surface area contributed by atoms with E-state index in [9.17, 15) is 19.2 Å². The number of carbonyl (C=O) groups excluding carboxylic acids is 4. The molecule has 10 nitrogen and oxygen atoms in total. The van der Waals surface area contributed by atoms with Crippen molar-refractivity contribution >= 4 is 46.4 Å². The lowest BCUT2D eigenvalue weighted by atomic mass is 10.1. The minimum Gasteiger partial charge on any atom is -0.330 e. The molecule has 0 saturated carbocycles. The molecule has 0 unspecified atom stereocenters. The van der Waals surface area contributed by atoms with E-state index >= 15 is 0 Å². The van der Waals surface area contributed by atoms with E-state index in [1.54, 1.807) is 74.5 Å². The molecule has 224 valence electrons. The number of hydrogen-bond donors (Lipinski definition) is 2. The summed E-state index contributed by atoms with van der Waals surface area (Å²) in [6, 6.07) is 13.3. The first-order chi connectivity index (χ1) is 20.4. The Bertz CT molecular complexity index is 1160. The number of unbranched alkanes of at least 4 members (excludes halogenated alkanes) is 4. The summed E-state index contributed by atoms with van der Waals surface area (Å²) in [5.74, 6) is -1.38. The van der Waals surface area contributed by atoms with Gasteiger partial charge < -0.3 is 11.5 Å². The average Bonchev–Trinajstić information content (AvgIpc) is 2.98. The Kier molecular flexibility index (Phi) is 15.3. The SMILES string of the molecule is CC=CC(=O)N(C(=O)CCCCCN)c1ccc(N=Nc2ccc(N(C(=O)C=CC)C(=O)CCCCCN)cc2)cc1. The first kappa shape index (κ1) is 33.9. The number of azo groups is 1. The molecule has 0 aromatic heterocycles. The summed E-state index contributed by atoms with van der Waals surface area (Å²) < 4.78 is 0. The summed E-state index contributed by atoms with van der Waals surface area (Å²) in [4.78, 5) is 53.3. The van der Waals surface area contributed by atoms with Gasteiger partial charge in [-0.1, -0.05) is 25.0 Å². The highest BCUT2D eigenvalue weighted by Gasteiger charge is 2.22. The molecule has 0 fully saturated rings. The zero-order valence-electron chi connectivity index (χ0n) is 24.6. The van der Waals surface area contributed by atoms with Crippen molar-refractivity contribution in [2.45, 2.75) is 65.2 Å². The number of nitrogens with zero attached hydrogens (tertiary/aromatic N) is 4. The maximum Gasteiger partial charge on any atom is 0.257 e. The van der Waals surface area contributed by atoms with Crippen LogP contribution in [0.5, 0.6) is 0 Å². The van der Waals surface area contributed by atoms with Crippen molar-refractivity contribution in [1.29, 1.82) is 0 Å². The number of carbonyl (C=O) groups is 4. The number of benzene rings is 2. The van der Waals surface area contributed by atoms with Crippen LogP contribution in [0.1, 0.15) is 65.2 Å². The van der Waals surface area contributed by atoms with Gasteiger partial charge in [-0.3, -0.25) is 19.2 Å². The molecule has 0 radical (unpaired) electrons. The largest absolute Gasteiger partial charge is 0.330 e. The van der Waals surface area contributed by atoms with Crippen LogP contribution in [0.2, 0.25) is 0 Å². The van der Waals surface area contributed by atoms with Crippen LogP contribution in [0.25, 0.3) is 0 Å². The lowest BCUT2D eigenvalue weighted by Gasteiger charge is -2.20. The normalized spacial score (nSPS) is 11.4. The molecule has 4 amide bonds. The molecule has 0 atom stereocenters. The Morgan fingerprint density at radius 3 is 1.26 bits per heavy atom. The molecule has 0 bridgehead atoms. The fourth-order valence-electron chi connectivity index (χ4n) is 4.09. The highest BCUT2D eigenvalue weighted by Crippen LogP contribution is 2.26. The molecule has 0 aliphatic heterocycles. The van der Waals surface area contributed by atoms with Gasteiger partial charge in [0.05, 0.1) is 22.7 Å². The second-order valence-corrected chi connectivity index (χ2v) is 9.57. The molecule has 4 N–H and O–H groups in total. The van der Waals surface area contributed by atoms with Crippen LogP contribution in [0.4, 0.5) is 22.7 Å². The first-order valence-corrected chi connectivity index (χ1v) is 14.4. The van der Waals surface area contributed by atoms with Crippen molar-refractivity contribution in [2.75, 3.05) is 22.9 Å². The predicted octanol–water partition coefficient (Wildman–Crippen LogP) is 6.01. The van der Waals surface area contributed by atoms with E-state index in [4.69, 9.17) is 11.5 Å². The molecule has 10 heteroatoms. The number of amides is 4. The molecular formula is C32H42N6O4. The van der Waals surface area contributed by atoms with Gasteiger partial charge in [-0.2, -0.15) is 10.2 Å². The Labute approximate surface area is 248 Å². The van der Waals surface area contributed by atoms with E-state index in [0.29, 0.717) is 48.7 Å². The number of hydrogen-bond acceptors (Lipinski definition) is 8. The van der Waals surface area contributed by atoms with E-state index in [1.807, 2.05) is 0 Å². The number of rotatable bonds is 16. The van der Waals surface area contributed by atoms with Crippen LogP contribution in [0.3, 0.4) is 0 Å².